The molecule has 0 fully saturated rings. The van der Waals surface area contributed by atoms with E-state index < -0.39 is 12.0 Å². The van der Waals surface area contributed by atoms with Crippen molar-refractivity contribution in [2.45, 2.75) is 6.10 Å². The van der Waals surface area contributed by atoms with Gasteiger partial charge >= 0.3 is 0 Å². The first-order chi connectivity index (χ1) is 13.9. The third-order valence-corrected chi connectivity index (χ3v) is 4.77. The van der Waals surface area contributed by atoms with Crippen molar-refractivity contribution in [1.29, 1.82) is 0 Å². The van der Waals surface area contributed by atoms with E-state index in [0.717, 1.165) is 27.6 Å². The Morgan fingerprint density at radius 3 is 2.52 bits per heavy atom. The molecule has 7 heteroatoms. The number of hydrogen-bond acceptors (Lipinski definition) is 4. The first-order valence-electron chi connectivity index (χ1n) is 9.01. The second-order valence-electron chi connectivity index (χ2n) is 6.97. The molecule has 1 aromatic carbocycles. The third-order valence-electron chi connectivity index (χ3n) is 4.77. The molecular weight excluding hydrogens is 371 g/mol. The lowest BCUT2D eigenvalue weighted by Crippen LogP contribution is -2.28. The van der Waals surface area contributed by atoms with Gasteiger partial charge < -0.3 is 15.0 Å². The predicted molar refractivity (Wildman–Crippen MR) is 108 cm³/mol. The largest absolute Gasteiger partial charge is 0.378 e. The van der Waals surface area contributed by atoms with Crippen molar-refractivity contribution >= 4 is 16.9 Å². The lowest BCUT2D eigenvalue weighted by Gasteiger charge is -2.16. The molecule has 146 valence electrons. The SMILES string of the molecule is CN(C)C(=O)C(O)c1cncc(-c2cnc3[nH]cc(-c4ccc(F)cc4)c3c2)c1. The van der Waals surface area contributed by atoms with Crippen molar-refractivity contribution in [3.8, 4) is 22.3 Å². The van der Waals surface area contributed by atoms with Gasteiger partial charge in [-0.05, 0) is 29.8 Å². The van der Waals surface area contributed by atoms with E-state index in [-0.39, 0.29) is 5.82 Å². The molecule has 4 rings (SSSR count). The van der Waals surface area contributed by atoms with E-state index in [2.05, 4.69) is 15.0 Å². The summed E-state index contributed by atoms with van der Waals surface area (Å²) in [5, 5.41) is 11.2. The molecule has 0 saturated carbocycles. The number of benzene rings is 1. The number of nitrogens with zero attached hydrogens (tertiary/aromatic N) is 3. The average Bonchev–Trinajstić information content (AvgIpc) is 3.16. The zero-order chi connectivity index (χ0) is 20.5. The third kappa shape index (κ3) is 3.60. The molecular formula is C22H19FN4O2. The van der Waals surface area contributed by atoms with E-state index in [1.54, 1.807) is 44.7 Å². The van der Waals surface area contributed by atoms with Gasteiger partial charge in [0.25, 0.3) is 5.91 Å². The molecule has 0 radical (unpaired) electrons. The number of H-pyrrole nitrogens is 1. The normalized spacial score (nSPS) is 12.1. The fourth-order valence-electron chi connectivity index (χ4n) is 3.18. The average molecular weight is 390 g/mol. The molecule has 0 bridgehead atoms. The maximum absolute atomic E-state index is 13.3. The number of carbonyl (C=O) groups is 1. The highest BCUT2D eigenvalue weighted by atomic mass is 19.1. The van der Waals surface area contributed by atoms with E-state index in [1.165, 1.54) is 23.2 Å². The molecule has 0 spiro atoms. The number of aromatic amines is 1. The molecule has 0 aliphatic rings. The molecule has 3 aromatic heterocycles. The molecule has 3 heterocycles. The van der Waals surface area contributed by atoms with Crippen LogP contribution >= 0.6 is 0 Å². The smallest absolute Gasteiger partial charge is 0.255 e. The number of hydrogen-bond donors (Lipinski definition) is 2. The zero-order valence-electron chi connectivity index (χ0n) is 15.9. The molecule has 29 heavy (non-hydrogen) atoms. The Balaban J connectivity index is 1.75. The summed E-state index contributed by atoms with van der Waals surface area (Å²) in [5.41, 5.74) is 4.42. The fourth-order valence-corrected chi connectivity index (χ4v) is 3.18. The lowest BCUT2D eigenvalue weighted by atomic mass is 10.0. The summed E-state index contributed by atoms with van der Waals surface area (Å²) in [6.07, 6.45) is 5.39. The maximum atomic E-state index is 13.3. The van der Waals surface area contributed by atoms with Gasteiger partial charge in [-0.1, -0.05) is 12.1 Å². The van der Waals surface area contributed by atoms with Crippen LogP contribution in [-0.4, -0.2) is 45.0 Å². The number of halogens is 1. The van der Waals surface area contributed by atoms with Crippen molar-refractivity contribution in [2.24, 2.45) is 0 Å². The van der Waals surface area contributed by atoms with Crippen LogP contribution in [0.15, 0.2) is 61.2 Å². The van der Waals surface area contributed by atoms with Crippen LogP contribution < -0.4 is 0 Å². The van der Waals surface area contributed by atoms with Crippen LogP contribution in [0.4, 0.5) is 4.39 Å². The fraction of sp³-hybridized carbons (Fsp3) is 0.136. The van der Waals surface area contributed by atoms with E-state index in [0.29, 0.717) is 11.2 Å². The van der Waals surface area contributed by atoms with Gasteiger partial charge in [0.15, 0.2) is 6.10 Å². The summed E-state index contributed by atoms with van der Waals surface area (Å²) < 4.78 is 13.3. The first-order valence-corrected chi connectivity index (χ1v) is 9.01. The van der Waals surface area contributed by atoms with Crippen LogP contribution in [0.1, 0.15) is 11.7 Å². The molecule has 0 saturated heterocycles. The topological polar surface area (TPSA) is 82.1 Å². The highest BCUT2D eigenvalue weighted by Gasteiger charge is 2.20. The standard InChI is InChI=1S/C22H19FN4O2/c1-27(2)22(29)20(28)16-7-14(9-24-10-16)15-8-18-19(12-26-21(18)25-11-15)13-3-5-17(23)6-4-13/h3-12,20,28H,1-2H3,(H,25,26). The van der Waals surface area contributed by atoms with Gasteiger partial charge in [0, 0.05) is 66.5 Å². The van der Waals surface area contributed by atoms with Crippen molar-refractivity contribution in [3.63, 3.8) is 0 Å². The van der Waals surface area contributed by atoms with Crippen molar-refractivity contribution < 1.29 is 14.3 Å². The highest BCUT2D eigenvalue weighted by molar-refractivity contribution is 5.95. The van der Waals surface area contributed by atoms with E-state index in [1.807, 2.05) is 12.3 Å². The van der Waals surface area contributed by atoms with Crippen molar-refractivity contribution in [1.82, 2.24) is 19.9 Å². The van der Waals surface area contributed by atoms with Crippen LogP contribution in [0, 0.1) is 5.82 Å². The van der Waals surface area contributed by atoms with Gasteiger partial charge in [-0.3, -0.25) is 9.78 Å². The number of pyridine rings is 2. The number of carbonyl (C=O) groups excluding carboxylic acids is 1. The van der Waals surface area contributed by atoms with Crippen LogP contribution in [0.25, 0.3) is 33.3 Å². The van der Waals surface area contributed by atoms with Crippen LogP contribution in [-0.2, 0) is 4.79 Å². The molecule has 2 N–H and O–H groups in total. The van der Waals surface area contributed by atoms with Crippen LogP contribution in [0.3, 0.4) is 0 Å². The summed E-state index contributed by atoms with van der Waals surface area (Å²) in [5.74, 6) is -0.706. The maximum Gasteiger partial charge on any atom is 0.255 e. The minimum Gasteiger partial charge on any atom is -0.378 e. The van der Waals surface area contributed by atoms with Gasteiger partial charge in [0.1, 0.15) is 11.5 Å². The van der Waals surface area contributed by atoms with Crippen LogP contribution in [0.2, 0.25) is 0 Å². The Kier molecular flexibility index (Phi) is 4.82. The number of aliphatic hydroxyl groups excluding tert-OH is 1. The Hall–Kier alpha value is -3.58. The summed E-state index contributed by atoms with van der Waals surface area (Å²) >= 11 is 0. The Morgan fingerprint density at radius 2 is 1.79 bits per heavy atom. The highest BCUT2D eigenvalue weighted by Crippen LogP contribution is 2.31. The number of fused-ring (bicyclic) bond motifs is 1. The Morgan fingerprint density at radius 1 is 1.07 bits per heavy atom. The molecule has 0 aliphatic carbocycles. The van der Waals surface area contributed by atoms with E-state index in [4.69, 9.17) is 0 Å². The monoisotopic (exact) mass is 390 g/mol. The predicted octanol–water partition coefficient (Wildman–Crippen LogP) is 3.55. The second-order valence-corrected chi connectivity index (χ2v) is 6.97. The quantitative estimate of drug-likeness (QED) is 0.558. The Bertz CT molecular complexity index is 1190. The number of amides is 1. The number of nitrogens with one attached hydrogen (secondary N) is 1. The number of likely N-dealkylation sites (N-methyl/N-ethyl adjacent to an activating group) is 1. The van der Waals surface area contributed by atoms with E-state index in [9.17, 15) is 14.3 Å². The van der Waals surface area contributed by atoms with E-state index >= 15 is 0 Å². The summed E-state index contributed by atoms with van der Waals surface area (Å²) in [4.78, 5) is 25.2. The van der Waals surface area contributed by atoms with Gasteiger partial charge in [-0.25, -0.2) is 9.37 Å². The molecule has 6 nitrogen and oxygen atoms in total. The van der Waals surface area contributed by atoms with Gasteiger partial charge in [-0.2, -0.15) is 0 Å². The van der Waals surface area contributed by atoms with Crippen molar-refractivity contribution in [2.75, 3.05) is 14.1 Å². The first kappa shape index (κ1) is 18.8. The molecule has 1 unspecified atom stereocenters. The Labute approximate surface area is 166 Å². The second kappa shape index (κ2) is 7.44. The molecule has 1 amide bonds. The lowest BCUT2D eigenvalue weighted by molar-refractivity contribution is -0.137. The van der Waals surface area contributed by atoms with Crippen molar-refractivity contribution in [3.05, 3.63) is 72.6 Å². The number of rotatable bonds is 4. The molecule has 1 atom stereocenters. The van der Waals surface area contributed by atoms with Crippen LogP contribution in [0.5, 0.6) is 0 Å². The number of aliphatic hydroxyl groups is 1. The molecule has 0 aliphatic heterocycles. The summed E-state index contributed by atoms with van der Waals surface area (Å²) in [6.45, 7) is 0. The summed E-state index contributed by atoms with van der Waals surface area (Å²) in [7, 11) is 3.17. The van der Waals surface area contributed by atoms with Gasteiger partial charge in [0.05, 0.1) is 0 Å². The van der Waals surface area contributed by atoms with Gasteiger partial charge in [-0.15, -0.1) is 0 Å². The zero-order valence-corrected chi connectivity index (χ0v) is 15.9. The minimum absolute atomic E-state index is 0.291. The minimum atomic E-state index is -1.28. The number of aromatic nitrogens is 3. The summed E-state index contributed by atoms with van der Waals surface area (Å²) in [6, 6.07) is 9.96. The van der Waals surface area contributed by atoms with Gasteiger partial charge in [0.2, 0.25) is 0 Å². The molecule has 4 aromatic rings.